The Morgan fingerprint density at radius 3 is 2.62 bits per heavy atom. The zero-order chi connectivity index (χ0) is 12.1. The van der Waals surface area contributed by atoms with E-state index in [0.29, 0.717) is 5.56 Å². The van der Waals surface area contributed by atoms with Crippen LogP contribution in [0.5, 0.6) is 0 Å². The molecule has 1 aromatic rings. The second-order valence-corrected chi connectivity index (χ2v) is 3.65. The Labute approximate surface area is 95.7 Å². The monoisotopic (exact) mass is 217 g/mol. The summed E-state index contributed by atoms with van der Waals surface area (Å²) in [7, 11) is 1.38. The van der Waals surface area contributed by atoms with Gasteiger partial charge in [-0.15, -0.1) is 0 Å². The lowest BCUT2D eigenvalue weighted by Crippen LogP contribution is -2.07. The number of benzene rings is 1. The number of esters is 1. The van der Waals surface area contributed by atoms with Crippen LogP contribution in [-0.4, -0.2) is 13.1 Å². The van der Waals surface area contributed by atoms with E-state index in [9.17, 15) is 4.79 Å². The largest absolute Gasteiger partial charge is 0.469 e. The van der Waals surface area contributed by atoms with Crippen LogP contribution < -0.4 is 0 Å². The highest BCUT2D eigenvalue weighted by atomic mass is 16.5. The maximum absolute atomic E-state index is 11.2. The number of hydrogen-bond acceptors (Lipinski definition) is 3. The standard InChI is InChI=1S/C13H15NO2/c1-4-10-6-11(7-13(15)16-3)9(2)5-12(10)8-14/h5-6H,4,7H2,1-3H3. The Morgan fingerprint density at radius 1 is 1.44 bits per heavy atom. The second-order valence-electron chi connectivity index (χ2n) is 3.65. The highest BCUT2D eigenvalue weighted by Crippen LogP contribution is 2.17. The molecule has 0 spiro atoms. The maximum Gasteiger partial charge on any atom is 0.309 e. The third-order valence-corrected chi connectivity index (χ3v) is 2.63. The number of rotatable bonds is 3. The van der Waals surface area contributed by atoms with Crippen molar-refractivity contribution in [1.82, 2.24) is 0 Å². The maximum atomic E-state index is 11.2. The van der Waals surface area contributed by atoms with Crippen molar-refractivity contribution in [1.29, 1.82) is 5.26 Å². The minimum absolute atomic E-state index is 0.255. The van der Waals surface area contributed by atoms with Gasteiger partial charge in [0.2, 0.25) is 0 Å². The summed E-state index contributed by atoms with van der Waals surface area (Å²) in [5, 5.41) is 8.95. The van der Waals surface area contributed by atoms with E-state index in [-0.39, 0.29) is 12.4 Å². The van der Waals surface area contributed by atoms with E-state index in [4.69, 9.17) is 5.26 Å². The van der Waals surface area contributed by atoms with Crippen LogP contribution in [0, 0.1) is 18.3 Å². The first-order chi connectivity index (χ1) is 7.62. The number of methoxy groups -OCH3 is 1. The Hall–Kier alpha value is -1.82. The third kappa shape index (κ3) is 2.60. The Balaban J connectivity index is 3.12. The second kappa shape index (κ2) is 5.32. The minimum atomic E-state index is -0.255. The van der Waals surface area contributed by atoms with Gasteiger partial charge in [0, 0.05) is 0 Å². The first kappa shape index (κ1) is 12.3. The van der Waals surface area contributed by atoms with E-state index in [1.54, 1.807) is 0 Å². The number of hydrogen-bond donors (Lipinski definition) is 0. The molecular weight excluding hydrogens is 202 g/mol. The summed E-state index contributed by atoms with van der Waals surface area (Å²) in [4.78, 5) is 11.2. The van der Waals surface area contributed by atoms with Gasteiger partial charge in [-0.05, 0) is 36.1 Å². The van der Waals surface area contributed by atoms with E-state index in [1.165, 1.54) is 7.11 Å². The van der Waals surface area contributed by atoms with Crippen LogP contribution in [0.25, 0.3) is 0 Å². The van der Waals surface area contributed by atoms with Gasteiger partial charge < -0.3 is 4.74 Å². The predicted molar refractivity (Wildman–Crippen MR) is 61.0 cm³/mol. The zero-order valence-electron chi connectivity index (χ0n) is 9.83. The van der Waals surface area contributed by atoms with Gasteiger partial charge in [0.05, 0.1) is 25.2 Å². The predicted octanol–water partition coefficient (Wildman–Crippen LogP) is 2.14. The third-order valence-electron chi connectivity index (χ3n) is 2.63. The Bertz CT molecular complexity index is 444. The summed E-state index contributed by atoms with van der Waals surface area (Å²) in [6, 6.07) is 5.92. The Kier molecular flexibility index (Phi) is 4.07. The van der Waals surface area contributed by atoms with Crippen LogP contribution in [0.4, 0.5) is 0 Å². The topological polar surface area (TPSA) is 50.1 Å². The summed E-state index contributed by atoms with van der Waals surface area (Å²) >= 11 is 0. The minimum Gasteiger partial charge on any atom is -0.469 e. The number of aryl methyl sites for hydroxylation is 2. The molecule has 84 valence electrons. The van der Waals surface area contributed by atoms with Crippen molar-refractivity contribution in [3.63, 3.8) is 0 Å². The molecule has 0 heterocycles. The van der Waals surface area contributed by atoms with E-state index >= 15 is 0 Å². The summed E-state index contributed by atoms with van der Waals surface area (Å²) in [6.07, 6.45) is 1.05. The normalized spacial score (nSPS) is 9.62. The zero-order valence-corrected chi connectivity index (χ0v) is 9.83. The van der Waals surface area contributed by atoms with E-state index in [2.05, 4.69) is 10.8 Å². The Morgan fingerprint density at radius 2 is 2.12 bits per heavy atom. The summed E-state index contributed by atoms with van der Waals surface area (Å²) in [5.74, 6) is -0.255. The van der Waals surface area contributed by atoms with Gasteiger partial charge in [0.25, 0.3) is 0 Å². The summed E-state index contributed by atoms with van der Waals surface area (Å²) < 4.78 is 4.64. The van der Waals surface area contributed by atoms with Gasteiger partial charge >= 0.3 is 5.97 Å². The van der Waals surface area contributed by atoms with Crippen LogP contribution in [0.3, 0.4) is 0 Å². The molecule has 0 saturated heterocycles. The first-order valence-electron chi connectivity index (χ1n) is 5.21. The molecule has 0 unspecified atom stereocenters. The molecule has 3 heteroatoms. The fourth-order valence-electron chi connectivity index (χ4n) is 1.62. The van der Waals surface area contributed by atoms with Crippen LogP contribution in [-0.2, 0) is 22.4 Å². The molecule has 3 nitrogen and oxygen atoms in total. The van der Waals surface area contributed by atoms with Gasteiger partial charge in [0.15, 0.2) is 0 Å². The quantitative estimate of drug-likeness (QED) is 0.729. The molecule has 0 fully saturated rings. The molecule has 0 aliphatic heterocycles. The van der Waals surface area contributed by atoms with Gasteiger partial charge in [-0.1, -0.05) is 13.0 Å². The molecule has 0 bridgehead atoms. The van der Waals surface area contributed by atoms with Gasteiger partial charge in [-0.25, -0.2) is 0 Å². The number of nitriles is 1. The van der Waals surface area contributed by atoms with E-state index < -0.39 is 0 Å². The van der Waals surface area contributed by atoms with Crippen molar-refractivity contribution in [2.75, 3.05) is 7.11 Å². The van der Waals surface area contributed by atoms with Crippen molar-refractivity contribution >= 4 is 5.97 Å². The molecular formula is C13H15NO2. The van der Waals surface area contributed by atoms with Crippen molar-refractivity contribution in [3.05, 3.63) is 34.4 Å². The van der Waals surface area contributed by atoms with Crippen molar-refractivity contribution in [2.24, 2.45) is 0 Å². The molecule has 0 aromatic heterocycles. The molecule has 16 heavy (non-hydrogen) atoms. The molecule has 0 aliphatic carbocycles. The SMILES string of the molecule is CCc1cc(CC(=O)OC)c(C)cc1C#N. The molecule has 0 amide bonds. The van der Waals surface area contributed by atoms with Gasteiger partial charge in [0.1, 0.15) is 0 Å². The lowest BCUT2D eigenvalue weighted by Gasteiger charge is -2.08. The molecule has 1 rings (SSSR count). The van der Waals surface area contributed by atoms with Crippen molar-refractivity contribution < 1.29 is 9.53 Å². The van der Waals surface area contributed by atoms with E-state index in [1.807, 2.05) is 26.0 Å². The van der Waals surface area contributed by atoms with Gasteiger partial charge in [-0.2, -0.15) is 5.26 Å². The van der Waals surface area contributed by atoms with Crippen molar-refractivity contribution in [2.45, 2.75) is 26.7 Å². The summed E-state index contributed by atoms with van der Waals surface area (Å²) in [5.41, 5.74) is 3.56. The number of ether oxygens (including phenoxy) is 1. The number of carbonyl (C=O) groups is 1. The van der Waals surface area contributed by atoms with Crippen LogP contribution in [0.15, 0.2) is 12.1 Å². The first-order valence-corrected chi connectivity index (χ1v) is 5.21. The van der Waals surface area contributed by atoms with Crippen LogP contribution in [0.1, 0.15) is 29.2 Å². The van der Waals surface area contributed by atoms with Crippen LogP contribution in [0.2, 0.25) is 0 Å². The highest BCUT2D eigenvalue weighted by Gasteiger charge is 2.09. The molecule has 0 saturated carbocycles. The van der Waals surface area contributed by atoms with Crippen LogP contribution >= 0.6 is 0 Å². The lowest BCUT2D eigenvalue weighted by molar-refractivity contribution is -0.139. The van der Waals surface area contributed by atoms with Crippen molar-refractivity contribution in [3.8, 4) is 6.07 Å². The molecule has 0 N–H and O–H groups in total. The number of carbonyl (C=O) groups excluding carboxylic acids is 1. The summed E-state index contributed by atoms with van der Waals surface area (Å²) in [6.45, 7) is 3.89. The average Bonchev–Trinajstić information content (AvgIpc) is 2.30. The fourth-order valence-corrected chi connectivity index (χ4v) is 1.62. The fraction of sp³-hybridized carbons (Fsp3) is 0.385. The van der Waals surface area contributed by atoms with E-state index in [0.717, 1.165) is 23.1 Å². The highest BCUT2D eigenvalue weighted by molar-refractivity contribution is 5.73. The smallest absolute Gasteiger partial charge is 0.309 e. The molecule has 1 aromatic carbocycles. The molecule has 0 aliphatic rings. The lowest BCUT2D eigenvalue weighted by atomic mass is 9.96. The average molecular weight is 217 g/mol. The van der Waals surface area contributed by atoms with Gasteiger partial charge in [-0.3, -0.25) is 4.79 Å². The number of nitrogens with zero attached hydrogens (tertiary/aromatic N) is 1. The molecule has 0 atom stereocenters. The molecule has 0 radical (unpaired) electrons.